The van der Waals surface area contributed by atoms with Crippen LogP contribution >= 0.6 is 0 Å². The van der Waals surface area contributed by atoms with Crippen molar-refractivity contribution in [2.75, 3.05) is 46.3 Å². The van der Waals surface area contributed by atoms with Gasteiger partial charge in [0.25, 0.3) is 5.91 Å². The van der Waals surface area contributed by atoms with Crippen LogP contribution in [0.4, 0.5) is 0 Å². The summed E-state index contributed by atoms with van der Waals surface area (Å²) >= 11 is 0. The molecule has 4 heteroatoms. The molecule has 0 aromatic heterocycles. The fraction of sp³-hybridized carbons (Fsp3) is 0.562. The van der Waals surface area contributed by atoms with Gasteiger partial charge in [0.05, 0.1) is 0 Å². The lowest BCUT2D eigenvalue weighted by molar-refractivity contribution is 0.0949. The van der Waals surface area contributed by atoms with Gasteiger partial charge in [0.2, 0.25) is 0 Å². The molecule has 1 N–H and O–H groups in total. The number of hydrogen-bond donors (Lipinski definition) is 1. The van der Waals surface area contributed by atoms with Crippen molar-refractivity contribution in [1.29, 1.82) is 0 Å². The molecule has 0 aliphatic carbocycles. The van der Waals surface area contributed by atoms with Crippen LogP contribution in [0.15, 0.2) is 24.3 Å². The van der Waals surface area contributed by atoms with Gasteiger partial charge in [-0.3, -0.25) is 4.79 Å². The van der Waals surface area contributed by atoms with Gasteiger partial charge in [0.1, 0.15) is 0 Å². The summed E-state index contributed by atoms with van der Waals surface area (Å²) in [6, 6.07) is 7.70. The molecule has 1 aliphatic rings. The van der Waals surface area contributed by atoms with E-state index < -0.39 is 0 Å². The van der Waals surface area contributed by atoms with Crippen molar-refractivity contribution in [1.82, 2.24) is 15.1 Å². The van der Waals surface area contributed by atoms with Crippen LogP contribution in [0.5, 0.6) is 0 Å². The van der Waals surface area contributed by atoms with Crippen molar-refractivity contribution in [2.24, 2.45) is 0 Å². The van der Waals surface area contributed by atoms with Gasteiger partial charge < -0.3 is 15.1 Å². The third-order valence-corrected chi connectivity index (χ3v) is 3.85. The van der Waals surface area contributed by atoms with Crippen LogP contribution in [-0.4, -0.2) is 62.0 Å². The minimum atomic E-state index is 0. The number of aryl methyl sites for hydroxylation is 1. The molecule has 0 unspecified atom stereocenters. The minimum Gasteiger partial charge on any atom is -0.352 e. The van der Waals surface area contributed by atoms with Crippen molar-refractivity contribution in [3.8, 4) is 0 Å². The Morgan fingerprint density at radius 1 is 1.20 bits per heavy atom. The molecule has 1 aromatic carbocycles. The SMILES string of the molecule is Cc1ccc(C(=O)NCCCN2CCN(C)CC2)cc1.[HH]. The second-order valence-corrected chi connectivity index (χ2v) is 5.62. The minimum absolute atomic E-state index is 0. The zero-order chi connectivity index (χ0) is 14.4. The predicted molar refractivity (Wildman–Crippen MR) is 84.2 cm³/mol. The smallest absolute Gasteiger partial charge is 0.251 e. The standard InChI is InChI=1S/C16H25N3O.H2/c1-14-4-6-15(7-5-14)16(20)17-8-3-9-19-12-10-18(2)11-13-19;/h4-7H,3,8-13H2,1-2H3,(H,17,20);1H. The Bertz CT molecular complexity index is 428. The molecule has 2 rings (SSSR count). The van der Waals surface area contributed by atoms with Gasteiger partial charge in [-0.05, 0) is 39.1 Å². The van der Waals surface area contributed by atoms with Crippen LogP contribution in [0.3, 0.4) is 0 Å². The van der Waals surface area contributed by atoms with E-state index >= 15 is 0 Å². The summed E-state index contributed by atoms with van der Waals surface area (Å²) in [6.07, 6.45) is 1.02. The summed E-state index contributed by atoms with van der Waals surface area (Å²) in [7, 11) is 2.17. The summed E-state index contributed by atoms with van der Waals surface area (Å²) in [5, 5.41) is 2.99. The molecule has 112 valence electrons. The van der Waals surface area contributed by atoms with Gasteiger partial charge in [-0.2, -0.15) is 0 Å². The van der Waals surface area contributed by atoms with Crippen LogP contribution in [0.1, 0.15) is 23.8 Å². The lowest BCUT2D eigenvalue weighted by Gasteiger charge is -2.32. The molecule has 0 saturated carbocycles. The second kappa shape index (κ2) is 7.41. The molecule has 20 heavy (non-hydrogen) atoms. The maximum Gasteiger partial charge on any atom is 0.251 e. The molecule has 1 saturated heterocycles. The second-order valence-electron chi connectivity index (χ2n) is 5.62. The lowest BCUT2D eigenvalue weighted by Crippen LogP contribution is -2.45. The van der Waals surface area contributed by atoms with E-state index in [1.165, 1.54) is 5.56 Å². The largest absolute Gasteiger partial charge is 0.352 e. The van der Waals surface area contributed by atoms with E-state index in [9.17, 15) is 4.79 Å². The third-order valence-electron chi connectivity index (χ3n) is 3.85. The van der Waals surface area contributed by atoms with Gasteiger partial charge in [0.15, 0.2) is 0 Å². The summed E-state index contributed by atoms with van der Waals surface area (Å²) in [6.45, 7) is 8.43. The van der Waals surface area contributed by atoms with Gasteiger partial charge in [-0.15, -0.1) is 0 Å². The summed E-state index contributed by atoms with van der Waals surface area (Å²) in [4.78, 5) is 16.7. The van der Waals surface area contributed by atoms with E-state index in [0.717, 1.165) is 51.3 Å². The molecule has 0 radical (unpaired) electrons. The first-order chi connectivity index (χ1) is 9.65. The Kier molecular flexibility index (Phi) is 5.56. The van der Waals surface area contributed by atoms with Crippen LogP contribution < -0.4 is 5.32 Å². The molecule has 4 nitrogen and oxygen atoms in total. The molecule has 1 aliphatic heterocycles. The Hall–Kier alpha value is -1.39. The summed E-state index contributed by atoms with van der Waals surface area (Å²) in [5.41, 5.74) is 1.92. The van der Waals surface area contributed by atoms with Crippen molar-refractivity contribution in [3.05, 3.63) is 35.4 Å². The molecule has 1 heterocycles. The Morgan fingerprint density at radius 2 is 1.85 bits per heavy atom. The Morgan fingerprint density at radius 3 is 2.50 bits per heavy atom. The normalized spacial score (nSPS) is 17.1. The van der Waals surface area contributed by atoms with E-state index in [4.69, 9.17) is 0 Å². The zero-order valence-electron chi connectivity index (χ0n) is 12.6. The molecule has 0 atom stereocenters. The van der Waals surface area contributed by atoms with E-state index in [-0.39, 0.29) is 7.33 Å². The summed E-state index contributed by atoms with van der Waals surface area (Å²) < 4.78 is 0. The fourth-order valence-corrected chi connectivity index (χ4v) is 2.38. The van der Waals surface area contributed by atoms with Crippen LogP contribution in [0.25, 0.3) is 0 Å². The van der Waals surface area contributed by atoms with Crippen LogP contribution in [0.2, 0.25) is 0 Å². The van der Waals surface area contributed by atoms with Gasteiger partial charge in [-0.1, -0.05) is 17.7 Å². The first-order valence-corrected chi connectivity index (χ1v) is 7.41. The number of carbonyl (C=O) groups excluding carboxylic acids is 1. The number of likely N-dealkylation sites (N-methyl/N-ethyl adjacent to an activating group) is 1. The van der Waals surface area contributed by atoms with E-state index in [2.05, 4.69) is 22.2 Å². The maximum absolute atomic E-state index is 11.9. The first kappa shape index (κ1) is 15.0. The van der Waals surface area contributed by atoms with Gasteiger partial charge in [-0.25, -0.2) is 0 Å². The zero-order valence-corrected chi connectivity index (χ0v) is 12.6. The number of rotatable bonds is 5. The monoisotopic (exact) mass is 277 g/mol. The highest BCUT2D eigenvalue weighted by Gasteiger charge is 2.13. The van der Waals surface area contributed by atoms with Crippen molar-refractivity contribution >= 4 is 5.91 Å². The highest BCUT2D eigenvalue weighted by molar-refractivity contribution is 5.94. The molecular formula is C16H27N3O. The number of carbonyl (C=O) groups is 1. The number of hydrogen-bond acceptors (Lipinski definition) is 3. The molecular weight excluding hydrogens is 250 g/mol. The Labute approximate surface area is 123 Å². The average molecular weight is 277 g/mol. The van der Waals surface area contributed by atoms with Gasteiger partial charge >= 0.3 is 0 Å². The van der Waals surface area contributed by atoms with Crippen LogP contribution in [-0.2, 0) is 0 Å². The van der Waals surface area contributed by atoms with Crippen molar-refractivity contribution in [3.63, 3.8) is 0 Å². The molecule has 1 aromatic rings. The number of nitrogens with zero attached hydrogens (tertiary/aromatic N) is 2. The molecule has 1 amide bonds. The van der Waals surface area contributed by atoms with Crippen molar-refractivity contribution < 1.29 is 6.22 Å². The van der Waals surface area contributed by atoms with E-state index in [1.54, 1.807) is 0 Å². The molecule has 1 fully saturated rings. The fourth-order valence-electron chi connectivity index (χ4n) is 2.38. The highest BCUT2D eigenvalue weighted by atomic mass is 16.1. The number of nitrogens with one attached hydrogen (secondary N) is 1. The molecule has 0 spiro atoms. The van der Waals surface area contributed by atoms with Crippen LogP contribution in [0, 0.1) is 6.92 Å². The number of benzene rings is 1. The van der Waals surface area contributed by atoms with E-state index in [1.807, 2.05) is 31.2 Å². The summed E-state index contributed by atoms with van der Waals surface area (Å²) in [5.74, 6) is 0.0309. The lowest BCUT2D eigenvalue weighted by atomic mass is 10.1. The predicted octanol–water partition coefficient (Wildman–Crippen LogP) is 1.61. The number of piperazine rings is 1. The number of amides is 1. The highest BCUT2D eigenvalue weighted by Crippen LogP contribution is 2.03. The first-order valence-electron chi connectivity index (χ1n) is 7.41. The molecule has 0 bridgehead atoms. The van der Waals surface area contributed by atoms with Gasteiger partial charge in [0, 0.05) is 39.7 Å². The Balaban J connectivity index is 0.00000220. The average Bonchev–Trinajstić information content (AvgIpc) is 2.46. The topological polar surface area (TPSA) is 35.6 Å². The third kappa shape index (κ3) is 4.62. The quantitative estimate of drug-likeness (QED) is 0.831. The van der Waals surface area contributed by atoms with E-state index in [0.29, 0.717) is 0 Å². The van der Waals surface area contributed by atoms with Crippen molar-refractivity contribution in [2.45, 2.75) is 13.3 Å². The maximum atomic E-state index is 11.9.